The van der Waals surface area contributed by atoms with E-state index in [1.54, 1.807) is 25.1 Å². The van der Waals surface area contributed by atoms with Gasteiger partial charge in [-0.25, -0.2) is 8.42 Å². The fraction of sp³-hybridized carbons (Fsp3) is 0.300. The number of anilines is 1. The number of nitrogens with one attached hydrogen (secondary N) is 1. The molecule has 0 radical (unpaired) electrons. The fourth-order valence-electron chi connectivity index (χ4n) is 3.15. The maximum Gasteiger partial charge on any atom is 0.255 e. The molecule has 0 bridgehead atoms. The fourth-order valence-corrected chi connectivity index (χ4v) is 5.14. The Kier molecular flexibility index (Phi) is 6.04. The summed E-state index contributed by atoms with van der Waals surface area (Å²) in [5, 5.41) is 11.8. The summed E-state index contributed by atoms with van der Waals surface area (Å²) in [4.78, 5) is 12.8. The Hall–Kier alpha value is -2.40. The van der Waals surface area contributed by atoms with Gasteiger partial charge in [-0.15, -0.1) is 0 Å². The van der Waals surface area contributed by atoms with E-state index in [4.69, 9.17) is 16.9 Å². The first-order valence-electron chi connectivity index (χ1n) is 8.95. The molecule has 8 heteroatoms. The molecule has 2 aromatic rings. The number of amides is 1. The predicted octanol–water partition coefficient (Wildman–Crippen LogP) is 3.95. The largest absolute Gasteiger partial charge is 0.322 e. The maximum absolute atomic E-state index is 13.0. The van der Waals surface area contributed by atoms with Gasteiger partial charge in [0.1, 0.15) is 6.07 Å². The van der Waals surface area contributed by atoms with Crippen LogP contribution in [0.4, 0.5) is 5.69 Å². The lowest BCUT2D eigenvalue weighted by Crippen LogP contribution is -2.36. The molecule has 1 aliphatic heterocycles. The Morgan fingerprint density at radius 1 is 1.14 bits per heavy atom. The van der Waals surface area contributed by atoms with Crippen LogP contribution in [-0.2, 0) is 10.0 Å². The number of sulfonamides is 1. The van der Waals surface area contributed by atoms with Gasteiger partial charge >= 0.3 is 0 Å². The van der Waals surface area contributed by atoms with Crippen molar-refractivity contribution < 1.29 is 13.2 Å². The minimum atomic E-state index is -3.64. The van der Waals surface area contributed by atoms with E-state index in [1.807, 2.05) is 6.07 Å². The van der Waals surface area contributed by atoms with Crippen molar-refractivity contribution in [3.63, 3.8) is 0 Å². The van der Waals surface area contributed by atoms with Crippen LogP contribution >= 0.6 is 11.6 Å². The molecule has 146 valence electrons. The van der Waals surface area contributed by atoms with Gasteiger partial charge in [-0.1, -0.05) is 24.1 Å². The minimum absolute atomic E-state index is 0.153. The molecular weight excluding hydrogens is 398 g/mol. The Bertz CT molecular complexity index is 1050. The molecule has 1 N–H and O–H groups in total. The number of nitrogens with zero attached hydrogens (tertiary/aromatic N) is 2. The van der Waals surface area contributed by atoms with Crippen LogP contribution in [0.1, 0.15) is 40.7 Å². The first kappa shape index (κ1) is 20.3. The van der Waals surface area contributed by atoms with Crippen LogP contribution in [0.2, 0.25) is 5.02 Å². The molecule has 0 unspecified atom stereocenters. The monoisotopic (exact) mass is 417 g/mol. The number of hydrogen-bond donors (Lipinski definition) is 1. The zero-order valence-corrected chi connectivity index (χ0v) is 17.0. The average molecular weight is 418 g/mol. The van der Waals surface area contributed by atoms with E-state index in [0.717, 1.165) is 19.3 Å². The summed E-state index contributed by atoms with van der Waals surface area (Å²) in [6.07, 6.45) is 2.72. The summed E-state index contributed by atoms with van der Waals surface area (Å²) in [5.74, 6) is -0.448. The summed E-state index contributed by atoms with van der Waals surface area (Å²) in [6.45, 7) is 2.72. The first-order valence-corrected chi connectivity index (χ1v) is 10.8. The van der Waals surface area contributed by atoms with Gasteiger partial charge in [0.05, 0.1) is 15.5 Å². The normalized spacial score (nSPS) is 15.0. The topological polar surface area (TPSA) is 90.3 Å². The van der Waals surface area contributed by atoms with Crippen molar-refractivity contribution in [2.75, 3.05) is 18.4 Å². The molecule has 0 saturated carbocycles. The molecule has 0 aliphatic carbocycles. The maximum atomic E-state index is 13.0. The van der Waals surface area contributed by atoms with Gasteiger partial charge in [0.2, 0.25) is 10.0 Å². The second kappa shape index (κ2) is 8.31. The quantitative estimate of drug-likeness (QED) is 0.815. The predicted molar refractivity (Wildman–Crippen MR) is 108 cm³/mol. The molecule has 0 aromatic heterocycles. The summed E-state index contributed by atoms with van der Waals surface area (Å²) >= 11 is 5.99. The van der Waals surface area contributed by atoms with Crippen molar-refractivity contribution >= 4 is 33.2 Å². The number of nitriles is 1. The number of carbonyl (C=O) groups is 1. The summed E-state index contributed by atoms with van der Waals surface area (Å²) in [7, 11) is -3.64. The summed E-state index contributed by atoms with van der Waals surface area (Å²) < 4.78 is 27.5. The molecule has 1 fully saturated rings. The van der Waals surface area contributed by atoms with Crippen LogP contribution in [0, 0.1) is 18.3 Å². The Balaban J connectivity index is 1.87. The molecule has 0 spiro atoms. The van der Waals surface area contributed by atoms with Gasteiger partial charge in [0.15, 0.2) is 0 Å². The lowest BCUT2D eigenvalue weighted by atomic mass is 10.1. The minimum Gasteiger partial charge on any atom is -0.322 e. The molecule has 0 atom stereocenters. The van der Waals surface area contributed by atoms with E-state index in [9.17, 15) is 13.2 Å². The molecule has 2 aromatic carbocycles. The second-order valence-corrected chi connectivity index (χ2v) is 9.02. The highest BCUT2D eigenvalue weighted by Gasteiger charge is 2.28. The standard InChI is InChI=1S/C20H20ClN3O3S/c1-14-5-6-15(11-19(14)28(26,27)24-9-3-2-4-10-24)20(25)23-17-8-7-16(13-22)18(21)12-17/h5-8,11-12H,2-4,9-10H2,1H3,(H,23,25). The van der Waals surface area contributed by atoms with E-state index >= 15 is 0 Å². The second-order valence-electron chi connectivity index (χ2n) is 6.71. The third kappa shape index (κ3) is 4.20. The highest BCUT2D eigenvalue weighted by molar-refractivity contribution is 7.89. The lowest BCUT2D eigenvalue weighted by Gasteiger charge is -2.26. The zero-order valence-electron chi connectivity index (χ0n) is 15.4. The summed E-state index contributed by atoms with van der Waals surface area (Å²) in [5.41, 5.74) is 1.57. The number of benzene rings is 2. The molecule has 1 aliphatic rings. The van der Waals surface area contributed by atoms with Crippen LogP contribution < -0.4 is 5.32 Å². The van der Waals surface area contributed by atoms with Crippen molar-refractivity contribution in [3.05, 3.63) is 58.1 Å². The number of carbonyl (C=O) groups excluding carboxylic acids is 1. The lowest BCUT2D eigenvalue weighted by molar-refractivity contribution is 0.102. The highest BCUT2D eigenvalue weighted by Crippen LogP contribution is 2.25. The van der Waals surface area contributed by atoms with Gasteiger partial charge in [0, 0.05) is 24.3 Å². The molecule has 3 rings (SSSR count). The average Bonchev–Trinajstić information content (AvgIpc) is 2.69. The van der Waals surface area contributed by atoms with Crippen LogP contribution in [-0.4, -0.2) is 31.7 Å². The van der Waals surface area contributed by atoms with Gasteiger partial charge in [0.25, 0.3) is 5.91 Å². The van der Waals surface area contributed by atoms with Crippen LogP contribution in [0.5, 0.6) is 0 Å². The van der Waals surface area contributed by atoms with Gasteiger partial charge in [-0.2, -0.15) is 9.57 Å². The van der Waals surface area contributed by atoms with E-state index in [1.165, 1.54) is 22.5 Å². The van der Waals surface area contributed by atoms with Gasteiger partial charge in [-0.3, -0.25) is 4.79 Å². The number of halogens is 1. The molecule has 1 saturated heterocycles. The smallest absolute Gasteiger partial charge is 0.255 e. The van der Waals surface area contributed by atoms with E-state index in [-0.39, 0.29) is 15.5 Å². The van der Waals surface area contributed by atoms with Crippen molar-refractivity contribution in [2.45, 2.75) is 31.1 Å². The number of hydrogen-bond acceptors (Lipinski definition) is 4. The van der Waals surface area contributed by atoms with Crippen molar-refractivity contribution in [3.8, 4) is 6.07 Å². The van der Waals surface area contributed by atoms with Crippen LogP contribution in [0.15, 0.2) is 41.3 Å². The van der Waals surface area contributed by atoms with Crippen LogP contribution in [0.25, 0.3) is 0 Å². The molecular formula is C20H20ClN3O3S. The molecule has 1 amide bonds. The van der Waals surface area contributed by atoms with Gasteiger partial charge in [-0.05, 0) is 55.7 Å². The first-order chi connectivity index (χ1) is 13.3. The molecule has 28 heavy (non-hydrogen) atoms. The van der Waals surface area contributed by atoms with Crippen molar-refractivity contribution in [1.29, 1.82) is 5.26 Å². The Morgan fingerprint density at radius 3 is 2.50 bits per heavy atom. The Morgan fingerprint density at radius 2 is 1.86 bits per heavy atom. The van der Waals surface area contributed by atoms with E-state index in [0.29, 0.717) is 29.9 Å². The highest BCUT2D eigenvalue weighted by atomic mass is 35.5. The van der Waals surface area contributed by atoms with E-state index < -0.39 is 15.9 Å². The molecule has 6 nitrogen and oxygen atoms in total. The van der Waals surface area contributed by atoms with Crippen LogP contribution in [0.3, 0.4) is 0 Å². The van der Waals surface area contributed by atoms with E-state index in [2.05, 4.69) is 5.32 Å². The van der Waals surface area contributed by atoms with Crippen molar-refractivity contribution in [2.24, 2.45) is 0 Å². The third-order valence-corrected chi connectivity index (χ3v) is 7.08. The summed E-state index contributed by atoms with van der Waals surface area (Å²) in [6, 6.07) is 11.2. The van der Waals surface area contributed by atoms with Gasteiger partial charge < -0.3 is 5.32 Å². The zero-order chi connectivity index (χ0) is 20.3. The number of aryl methyl sites for hydroxylation is 1. The number of rotatable bonds is 4. The SMILES string of the molecule is Cc1ccc(C(=O)Nc2ccc(C#N)c(Cl)c2)cc1S(=O)(=O)N1CCCCC1. The number of piperidine rings is 1. The van der Waals surface area contributed by atoms with Crippen molar-refractivity contribution in [1.82, 2.24) is 4.31 Å². The Labute approximate surface area is 169 Å². The molecule has 1 heterocycles. The third-order valence-electron chi connectivity index (χ3n) is 4.73.